The third-order valence-electron chi connectivity index (χ3n) is 2.55. The minimum atomic E-state index is -0.665. The number of halogens is 2. The molecule has 16 heavy (non-hydrogen) atoms. The fraction of sp³-hybridized carbons (Fsp3) is 0.364. The molecule has 1 aromatic rings. The van der Waals surface area contributed by atoms with E-state index < -0.39 is 10.2 Å². The van der Waals surface area contributed by atoms with E-state index in [0.29, 0.717) is 17.9 Å². The summed E-state index contributed by atoms with van der Waals surface area (Å²) < 4.78 is 4.82. The molecule has 0 heterocycles. The molecule has 86 valence electrons. The Morgan fingerprint density at radius 3 is 2.69 bits per heavy atom. The number of carbonyl (C=O) groups is 1. The van der Waals surface area contributed by atoms with E-state index in [2.05, 4.69) is 0 Å². The molecule has 5 heteroatoms. The zero-order valence-corrected chi connectivity index (χ0v) is 9.96. The number of nitrogens with two attached hydrogens (primary N) is 1. The smallest absolute Gasteiger partial charge is 0.252 e. The minimum absolute atomic E-state index is 0.122. The summed E-state index contributed by atoms with van der Waals surface area (Å²) in [6, 6.07) is 6.84. The van der Waals surface area contributed by atoms with Gasteiger partial charge >= 0.3 is 0 Å². The number of carbonyl (C=O) groups excluding carboxylic acids is 1. The fourth-order valence-corrected chi connectivity index (χ4v) is 1.94. The van der Waals surface area contributed by atoms with Gasteiger partial charge in [0, 0.05) is 5.92 Å². The largest absolute Gasteiger partial charge is 0.492 e. The van der Waals surface area contributed by atoms with Crippen LogP contribution in [-0.2, 0) is 0 Å². The van der Waals surface area contributed by atoms with Crippen molar-refractivity contribution in [3.05, 3.63) is 29.8 Å². The summed E-state index contributed by atoms with van der Waals surface area (Å²) in [7, 11) is 0. The Bertz CT molecular complexity index is 420. The summed E-state index contributed by atoms with van der Waals surface area (Å²) in [6.45, 7) is 0.400. The van der Waals surface area contributed by atoms with E-state index in [0.717, 1.165) is 6.42 Å². The molecule has 0 aliphatic heterocycles. The number of rotatable bonds is 4. The van der Waals surface area contributed by atoms with E-state index in [1.165, 1.54) is 0 Å². The van der Waals surface area contributed by atoms with Gasteiger partial charge < -0.3 is 10.5 Å². The van der Waals surface area contributed by atoms with Gasteiger partial charge in [-0.25, -0.2) is 0 Å². The van der Waals surface area contributed by atoms with Crippen LogP contribution in [0, 0.1) is 5.92 Å². The summed E-state index contributed by atoms with van der Waals surface area (Å²) in [5.74, 6) is 0.0946. The Morgan fingerprint density at radius 1 is 1.50 bits per heavy atom. The van der Waals surface area contributed by atoms with Crippen molar-refractivity contribution in [2.24, 2.45) is 11.7 Å². The first-order valence-corrected chi connectivity index (χ1v) is 5.66. The van der Waals surface area contributed by atoms with Gasteiger partial charge in [0.15, 0.2) is 0 Å². The molecule has 0 unspecified atom stereocenters. The van der Waals surface area contributed by atoms with Crippen molar-refractivity contribution in [1.82, 2.24) is 0 Å². The second kappa shape index (κ2) is 4.15. The first-order valence-electron chi connectivity index (χ1n) is 4.90. The summed E-state index contributed by atoms with van der Waals surface area (Å²) in [5, 5.41) is 0. The van der Waals surface area contributed by atoms with E-state index in [1.807, 2.05) is 0 Å². The number of amides is 1. The van der Waals surface area contributed by atoms with Crippen LogP contribution in [0.5, 0.6) is 5.75 Å². The predicted octanol–water partition coefficient (Wildman–Crippen LogP) is 2.36. The maximum Gasteiger partial charge on any atom is 0.252 e. The van der Waals surface area contributed by atoms with Crippen LogP contribution in [0.15, 0.2) is 24.3 Å². The van der Waals surface area contributed by atoms with Crippen LogP contribution < -0.4 is 10.5 Å². The summed E-state index contributed by atoms with van der Waals surface area (Å²) in [4.78, 5) is 11.1. The lowest BCUT2D eigenvalue weighted by molar-refractivity contribution is 0.0996. The Balaban J connectivity index is 2.02. The molecular weight excluding hydrogens is 249 g/mol. The summed E-state index contributed by atoms with van der Waals surface area (Å²) >= 11 is 11.7. The van der Waals surface area contributed by atoms with Gasteiger partial charge in [-0.3, -0.25) is 4.79 Å². The third-order valence-corrected chi connectivity index (χ3v) is 3.47. The van der Waals surface area contributed by atoms with E-state index in [4.69, 9.17) is 33.7 Å². The lowest BCUT2D eigenvalue weighted by Crippen LogP contribution is -2.14. The molecule has 0 spiro atoms. The highest BCUT2D eigenvalue weighted by Gasteiger charge is 2.52. The van der Waals surface area contributed by atoms with Crippen LogP contribution in [0.4, 0.5) is 0 Å². The van der Waals surface area contributed by atoms with Gasteiger partial charge in [0.05, 0.1) is 12.2 Å². The van der Waals surface area contributed by atoms with Crippen LogP contribution in [0.25, 0.3) is 0 Å². The summed E-state index contributed by atoms with van der Waals surface area (Å²) in [6.07, 6.45) is 0.717. The highest BCUT2D eigenvalue weighted by atomic mass is 35.5. The van der Waals surface area contributed by atoms with Crippen LogP contribution in [0.3, 0.4) is 0 Å². The Morgan fingerprint density at radius 2 is 2.12 bits per heavy atom. The lowest BCUT2D eigenvalue weighted by atomic mass is 10.2. The van der Waals surface area contributed by atoms with Gasteiger partial charge in [-0.05, 0) is 18.6 Å². The number of para-hydroxylation sites is 1. The zero-order chi connectivity index (χ0) is 11.8. The third kappa shape index (κ3) is 2.42. The highest BCUT2D eigenvalue weighted by Crippen LogP contribution is 2.53. The molecule has 1 aromatic carbocycles. The van der Waals surface area contributed by atoms with Crippen LogP contribution >= 0.6 is 23.2 Å². The van der Waals surface area contributed by atoms with Crippen molar-refractivity contribution in [2.75, 3.05) is 6.61 Å². The van der Waals surface area contributed by atoms with Gasteiger partial charge in [-0.1, -0.05) is 12.1 Å². The first-order chi connectivity index (χ1) is 7.50. The first kappa shape index (κ1) is 11.6. The number of hydrogen-bond acceptors (Lipinski definition) is 2. The van der Waals surface area contributed by atoms with E-state index in [1.54, 1.807) is 24.3 Å². The number of hydrogen-bond donors (Lipinski definition) is 1. The Hall–Kier alpha value is -0.930. The van der Waals surface area contributed by atoms with Crippen molar-refractivity contribution < 1.29 is 9.53 Å². The van der Waals surface area contributed by atoms with Gasteiger partial charge in [0.1, 0.15) is 10.1 Å². The normalized spacial score (nSPS) is 21.5. The molecule has 0 saturated heterocycles. The SMILES string of the molecule is NC(=O)c1ccccc1OC[C@@H]1CC1(Cl)Cl. The molecule has 2 rings (SSSR count). The minimum Gasteiger partial charge on any atom is -0.492 e. The van der Waals surface area contributed by atoms with Crippen LogP contribution in [-0.4, -0.2) is 16.8 Å². The van der Waals surface area contributed by atoms with Crippen molar-refractivity contribution in [3.63, 3.8) is 0 Å². The molecular formula is C11H11Cl2NO2. The zero-order valence-electron chi connectivity index (χ0n) is 8.45. The Labute approximate surface area is 103 Å². The standard InChI is InChI=1S/C11H11Cl2NO2/c12-11(13)5-7(11)6-16-9-4-2-1-3-8(9)10(14)15/h1-4,7H,5-6H2,(H2,14,15)/t7-/m0/s1. The average molecular weight is 260 g/mol. The Kier molecular flexibility index (Phi) is 3.00. The number of ether oxygens (including phenoxy) is 1. The van der Waals surface area contributed by atoms with Gasteiger partial charge in [0.25, 0.3) is 5.91 Å². The summed E-state index contributed by atoms with van der Waals surface area (Å²) in [5.41, 5.74) is 5.59. The molecule has 1 atom stereocenters. The molecule has 1 fully saturated rings. The highest BCUT2D eigenvalue weighted by molar-refractivity contribution is 6.50. The van der Waals surface area contributed by atoms with Crippen molar-refractivity contribution in [1.29, 1.82) is 0 Å². The molecule has 1 aliphatic rings. The topological polar surface area (TPSA) is 52.3 Å². The molecule has 0 bridgehead atoms. The number of primary amides is 1. The molecule has 1 saturated carbocycles. The molecule has 1 aliphatic carbocycles. The van der Waals surface area contributed by atoms with E-state index in [9.17, 15) is 4.79 Å². The van der Waals surface area contributed by atoms with Gasteiger partial charge in [0.2, 0.25) is 0 Å². The maximum absolute atomic E-state index is 11.1. The van der Waals surface area contributed by atoms with Crippen molar-refractivity contribution in [3.8, 4) is 5.75 Å². The average Bonchev–Trinajstić information content (AvgIpc) is 2.84. The monoisotopic (exact) mass is 259 g/mol. The van der Waals surface area contributed by atoms with Gasteiger partial charge in [-0.2, -0.15) is 0 Å². The lowest BCUT2D eigenvalue weighted by Gasteiger charge is -2.09. The van der Waals surface area contributed by atoms with Crippen molar-refractivity contribution in [2.45, 2.75) is 10.8 Å². The van der Waals surface area contributed by atoms with E-state index in [-0.39, 0.29) is 5.92 Å². The number of alkyl halides is 2. The molecule has 1 amide bonds. The molecule has 0 radical (unpaired) electrons. The van der Waals surface area contributed by atoms with Crippen LogP contribution in [0.2, 0.25) is 0 Å². The van der Waals surface area contributed by atoms with Gasteiger partial charge in [-0.15, -0.1) is 23.2 Å². The second-order valence-electron chi connectivity index (χ2n) is 3.83. The molecule has 3 nitrogen and oxygen atoms in total. The predicted molar refractivity (Wildman–Crippen MR) is 63.0 cm³/mol. The van der Waals surface area contributed by atoms with E-state index >= 15 is 0 Å². The quantitative estimate of drug-likeness (QED) is 0.845. The maximum atomic E-state index is 11.1. The molecule has 0 aromatic heterocycles. The fourth-order valence-electron chi connectivity index (χ4n) is 1.44. The second-order valence-corrected chi connectivity index (χ2v) is 5.38. The van der Waals surface area contributed by atoms with Crippen molar-refractivity contribution >= 4 is 29.1 Å². The molecule has 2 N–H and O–H groups in total. The van der Waals surface area contributed by atoms with Crippen LogP contribution in [0.1, 0.15) is 16.8 Å². The number of benzene rings is 1.